The van der Waals surface area contributed by atoms with Crippen molar-refractivity contribution in [1.82, 2.24) is 9.97 Å². The van der Waals surface area contributed by atoms with E-state index in [1.54, 1.807) is 43.3 Å². The third-order valence-electron chi connectivity index (χ3n) is 3.43. The molecule has 0 aliphatic rings. The molecule has 3 nitrogen and oxygen atoms in total. The molecule has 0 saturated heterocycles. The molecular weight excluding hydrogens is 328 g/mol. The Morgan fingerprint density at radius 2 is 1.62 bits per heavy atom. The normalized spacial score (nSPS) is 10.5. The van der Waals surface area contributed by atoms with Crippen molar-refractivity contribution < 1.29 is 8.78 Å². The van der Waals surface area contributed by atoms with E-state index in [1.165, 1.54) is 17.5 Å². The summed E-state index contributed by atoms with van der Waals surface area (Å²) in [5, 5.41) is 4.28. The predicted molar refractivity (Wildman–Crippen MR) is 94.6 cm³/mol. The van der Waals surface area contributed by atoms with E-state index >= 15 is 0 Å². The van der Waals surface area contributed by atoms with E-state index in [0.717, 1.165) is 0 Å². The molecule has 0 radical (unpaired) electrons. The van der Waals surface area contributed by atoms with Crippen LogP contribution in [-0.4, -0.2) is 15.3 Å². The Balaban J connectivity index is 2.16. The zero-order chi connectivity index (χ0) is 17.1. The fourth-order valence-corrected chi connectivity index (χ4v) is 2.56. The summed E-state index contributed by atoms with van der Waals surface area (Å²) in [6.07, 6.45) is 0. The molecule has 24 heavy (non-hydrogen) atoms. The topological polar surface area (TPSA) is 37.8 Å². The molecule has 0 atom stereocenters. The van der Waals surface area contributed by atoms with Gasteiger partial charge in [0, 0.05) is 10.9 Å². The van der Waals surface area contributed by atoms with Crippen molar-refractivity contribution in [3.05, 3.63) is 71.6 Å². The molecule has 120 valence electrons. The third-order valence-corrected chi connectivity index (χ3v) is 3.67. The van der Waals surface area contributed by atoms with Crippen molar-refractivity contribution >= 4 is 29.1 Å². The van der Waals surface area contributed by atoms with Crippen molar-refractivity contribution in [3.8, 4) is 11.3 Å². The molecular formula is C18H13F2N3S. The number of nitrogens with one attached hydrogen (secondary N) is 1. The molecule has 0 fully saturated rings. The molecule has 0 saturated carbocycles. The van der Waals surface area contributed by atoms with E-state index in [9.17, 15) is 8.78 Å². The van der Waals surface area contributed by atoms with E-state index in [0.29, 0.717) is 28.5 Å². The van der Waals surface area contributed by atoms with Gasteiger partial charge in [-0.3, -0.25) is 0 Å². The molecule has 0 aliphatic carbocycles. The molecule has 3 aromatic rings. The van der Waals surface area contributed by atoms with E-state index in [1.807, 2.05) is 0 Å². The minimum absolute atomic E-state index is 0.258. The van der Waals surface area contributed by atoms with Gasteiger partial charge in [0.2, 0.25) is 0 Å². The zero-order valence-electron chi connectivity index (χ0n) is 12.8. The first-order valence-corrected chi connectivity index (χ1v) is 7.67. The number of aryl methyl sites for hydroxylation is 1. The van der Waals surface area contributed by atoms with Crippen molar-refractivity contribution in [2.75, 3.05) is 5.32 Å². The number of para-hydroxylation sites is 1. The van der Waals surface area contributed by atoms with Gasteiger partial charge in [-0.1, -0.05) is 36.5 Å². The van der Waals surface area contributed by atoms with Crippen molar-refractivity contribution in [2.24, 2.45) is 0 Å². The monoisotopic (exact) mass is 341 g/mol. The maximum Gasteiger partial charge on any atom is 0.146 e. The summed E-state index contributed by atoms with van der Waals surface area (Å²) in [5.41, 5.74) is 1.38. The lowest BCUT2D eigenvalue weighted by Gasteiger charge is -2.14. The number of hydrogen-bond donors (Lipinski definition) is 1. The van der Waals surface area contributed by atoms with E-state index in [-0.39, 0.29) is 5.69 Å². The zero-order valence-corrected chi connectivity index (χ0v) is 13.6. The summed E-state index contributed by atoms with van der Waals surface area (Å²) >= 11 is 5.07. The maximum atomic E-state index is 14.2. The van der Waals surface area contributed by atoms with Crippen molar-refractivity contribution in [1.29, 1.82) is 0 Å². The lowest BCUT2D eigenvalue weighted by Crippen LogP contribution is -2.06. The van der Waals surface area contributed by atoms with Crippen LogP contribution < -0.4 is 5.32 Å². The Morgan fingerprint density at radius 3 is 2.29 bits per heavy atom. The first kappa shape index (κ1) is 16.1. The second kappa shape index (κ2) is 6.80. The van der Waals surface area contributed by atoms with Crippen LogP contribution in [0.3, 0.4) is 0 Å². The first-order chi connectivity index (χ1) is 11.6. The molecule has 0 unspecified atom stereocenters. The minimum atomic E-state index is -0.420. The molecule has 0 aliphatic heterocycles. The highest BCUT2D eigenvalue weighted by molar-refractivity contribution is 7.79. The number of aromatic nitrogens is 2. The molecule has 1 N–H and O–H groups in total. The maximum absolute atomic E-state index is 14.2. The van der Waals surface area contributed by atoms with E-state index < -0.39 is 11.6 Å². The Morgan fingerprint density at radius 1 is 0.958 bits per heavy atom. The Labute approximate surface area is 143 Å². The SMILES string of the molecule is Cc1nc(Nc2ccccc2F)c(C=S)c(-c2ccccc2F)n1. The number of thiocarbonyl (C=S) groups is 1. The quantitative estimate of drug-likeness (QED) is 0.690. The van der Waals surface area contributed by atoms with Gasteiger partial charge >= 0.3 is 0 Å². The number of benzene rings is 2. The predicted octanol–water partition coefficient (Wildman–Crippen LogP) is 4.82. The molecule has 6 heteroatoms. The molecule has 0 bridgehead atoms. The number of hydrogen-bond acceptors (Lipinski definition) is 4. The van der Waals surface area contributed by atoms with Gasteiger partial charge in [0.1, 0.15) is 23.3 Å². The highest BCUT2D eigenvalue weighted by Gasteiger charge is 2.16. The number of nitrogens with zero attached hydrogens (tertiary/aromatic N) is 2. The lowest BCUT2D eigenvalue weighted by atomic mass is 10.1. The van der Waals surface area contributed by atoms with Crippen LogP contribution in [0.2, 0.25) is 0 Å². The third kappa shape index (κ3) is 3.14. The molecule has 1 heterocycles. The largest absolute Gasteiger partial charge is 0.337 e. The highest BCUT2D eigenvalue weighted by atomic mass is 32.1. The van der Waals surface area contributed by atoms with Crippen LogP contribution in [0, 0.1) is 18.6 Å². The second-order valence-electron chi connectivity index (χ2n) is 5.08. The summed E-state index contributed by atoms with van der Waals surface area (Å²) in [6, 6.07) is 12.5. The van der Waals surface area contributed by atoms with Gasteiger partial charge < -0.3 is 5.32 Å². The summed E-state index contributed by atoms with van der Waals surface area (Å²) in [7, 11) is 0. The average molecular weight is 341 g/mol. The molecule has 3 rings (SSSR count). The molecule has 0 amide bonds. The lowest BCUT2D eigenvalue weighted by molar-refractivity contribution is 0.630. The smallest absolute Gasteiger partial charge is 0.146 e. The van der Waals surface area contributed by atoms with Crippen LogP contribution in [-0.2, 0) is 0 Å². The highest BCUT2D eigenvalue weighted by Crippen LogP contribution is 2.29. The number of halogens is 2. The van der Waals surface area contributed by atoms with Crippen LogP contribution >= 0.6 is 12.2 Å². The fourth-order valence-electron chi connectivity index (χ4n) is 2.34. The summed E-state index contributed by atoms with van der Waals surface area (Å²) in [6.45, 7) is 1.68. The minimum Gasteiger partial charge on any atom is -0.337 e. The Hall–Kier alpha value is -2.73. The van der Waals surface area contributed by atoms with Gasteiger partial charge in [-0.05, 0) is 31.2 Å². The Kier molecular flexibility index (Phi) is 4.57. The summed E-state index contributed by atoms with van der Waals surface area (Å²) in [4.78, 5) is 8.60. The van der Waals surface area contributed by atoms with Gasteiger partial charge in [0.15, 0.2) is 0 Å². The molecule has 2 aromatic carbocycles. The number of anilines is 2. The number of rotatable bonds is 4. The molecule has 1 aromatic heterocycles. The average Bonchev–Trinajstić information content (AvgIpc) is 2.57. The second-order valence-corrected chi connectivity index (χ2v) is 5.32. The summed E-state index contributed by atoms with van der Waals surface area (Å²) in [5.74, 6) is -0.0735. The van der Waals surface area contributed by atoms with Gasteiger partial charge in [0.05, 0.1) is 16.9 Å². The van der Waals surface area contributed by atoms with Gasteiger partial charge in [0.25, 0.3) is 0 Å². The fraction of sp³-hybridized carbons (Fsp3) is 0.0556. The van der Waals surface area contributed by atoms with Crippen LogP contribution in [0.25, 0.3) is 11.3 Å². The van der Waals surface area contributed by atoms with E-state index in [4.69, 9.17) is 12.2 Å². The van der Waals surface area contributed by atoms with Crippen molar-refractivity contribution in [3.63, 3.8) is 0 Å². The standard InChI is InChI=1S/C18H13F2N3S/c1-11-21-17(12-6-2-3-7-14(12)19)13(10-24)18(22-11)23-16-9-5-4-8-15(16)20/h2-10H,1H3,(H,21,22,23). The Bertz CT molecular complexity index is 913. The van der Waals surface area contributed by atoms with Gasteiger partial charge in [-0.2, -0.15) is 0 Å². The van der Waals surface area contributed by atoms with Crippen LogP contribution in [0.5, 0.6) is 0 Å². The summed E-state index contributed by atoms with van der Waals surface area (Å²) < 4.78 is 28.1. The molecule has 0 spiro atoms. The van der Waals surface area contributed by atoms with Crippen LogP contribution in [0.4, 0.5) is 20.3 Å². The first-order valence-electron chi connectivity index (χ1n) is 7.20. The van der Waals surface area contributed by atoms with Crippen LogP contribution in [0.1, 0.15) is 11.4 Å². The van der Waals surface area contributed by atoms with Gasteiger partial charge in [-0.25, -0.2) is 18.7 Å². The van der Waals surface area contributed by atoms with Gasteiger partial charge in [-0.15, -0.1) is 0 Å². The van der Waals surface area contributed by atoms with Crippen LogP contribution in [0.15, 0.2) is 48.5 Å². The van der Waals surface area contributed by atoms with Crippen molar-refractivity contribution in [2.45, 2.75) is 6.92 Å². The van der Waals surface area contributed by atoms with E-state index in [2.05, 4.69) is 15.3 Å².